The van der Waals surface area contributed by atoms with Crippen LogP contribution < -0.4 is 0 Å². The molecule has 2 heterocycles. The van der Waals surface area contributed by atoms with Gasteiger partial charge in [-0.3, -0.25) is 0 Å². The molecule has 1 aromatic carbocycles. The number of esters is 1. The predicted molar refractivity (Wildman–Crippen MR) is 113 cm³/mol. The second-order valence-corrected chi connectivity index (χ2v) is 8.42. The van der Waals surface area contributed by atoms with Crippen molar-refractivity contribution in [3.8, 4) is 11.1 Å². The van der Waals surface area contributed by atoms with E-state index in [1.165, 1.54) is 28.8 Å². The molecule has 4 nitrogen and oxygen atoms in total. The van der Waals surface area contributed by atoms with E-state index in [1.54, 1.807) is 18.4 Å². The average Bonchev–Trinajstić information content (AvgIpc) is 3.05. The maximum atomic E-state index is 13.0. The summed E-state index contributed by atoms with van der Waals surface area (Å²) in [6, 6.07) is 8.39. The van der Waals surface area contributed by atoms with E-state index in [0.29, 0.717) is 12.2 Å². The molecule has 0 saturated carbocycles. The Morgan fingerprint density at radius 1 is 1.11 bits per heavy atom. The Kier molecular flexibility index (Phi) is 5.47. The molecule has 0 radical (unpaired) electrons. The van der Waals surface area contributed by atoms with Gasteiger partial charge in [0.15, 0.2) is 0 Å². The second kappa shape index (κ2) is 8.02. The van der Waals surface area contributed by atoms with Crippen LogP contribution in [0.4, 0.5) is 0 Å². The molecule has 0 bridgehead atoms. The number of hydrogen-bond acceptors (Lipinski definition) is 5. The predicted octanol–water partition coefficient (Wildman–Crippen LogP) is 5.26. The zero-order chi connectivity index (χ0) is 19.7. The molecule has 0 fully saturated rings. The number of methoxy groups -OCH3 is 1. The number of aryl methyl sites for hydroxylation is 4. The maximum absolute atomic E-state index is 13.0. The Labute approximate surface area is 169 Å². The Balaban J connectivity index is 1.96. The molecule has 0 saturated heterocycles. The topological polar surface area (TPSA) is 48.4 Å². The van der Waals surface area contributed by atoms with Crippen molar-refractivity contribution in [1.82, 2.24) is 4.98 Å². The zero-order valence-electron chi connectivity index (χ0n) is 16.6. The summed E-state index contributed by atoms with van der Waals surface area (Å²) in [5.41, 5.74) is 5.90. The van der Waals surface area contributed by atoms with Gasteiger partial charge in [0.05, 0.1) is 17.9 Å². The molecule has 1 aliphatic rings. The van der Waals surface area contributed by atoms with Crippen molar-refractivity contribution in [2.75, 3.05) is 20.3 Å². The monoisotopic (exact) mass is 395 g/mol. The van der Waals surface area contributed by atoms with Gasteiger partial charge in [-0.2, -0.15) is 0 Å². The summed E-state index contributed by atoms with van der Waals surface area (Å²) in [7, 11) is 1.60. The molecule has 1 aliphatic carbocycles. The highest BCUT2D eigenvalue weighted by Crippen LogP contribution is 2.43. The van der Waals surface area contributed by atoms with Crippen LogP contribution in [0.25, 0.3) is 21.3 Å². The van der Waals surface area contributed by atoms with Crippen LogP contribution in [0.3, 0.4) is 0 Å². The number of aromatic nitrogens is 1. The fourth-order valence-corrected chi connectivity index (χ4v) is 5.27. The number of hydrogen-bond donors (Lipinski definition) is 0. The van der Waals surface area contributed by atoms with Crippen molar-refractivity contribution < 1.29 is 14.3 Å². The van der Waals surface area contributed by atoms with Gasteiger partial charge in [-0.1, -0.05) is 29.8 Å². The number of ether oxygens (including phenoxy) is 2. The quantitative estimate of drug-likeness (QED) is 0.437. The summed E-state index contributed by atoms with van der Waals surface area (Å²) in [5, 5.41) is 1.15. The minimum absolute atomic E-state index is 0.238. The third kappa shape index (κ3) is 3.45. The average molecular weight is 396 g/mol. The highest BCUT2D eigenvalue weighted by Gasteiger charge is 2.27. The Morgan fingerprint density at radius 2 is 1.86 bits per heavy atom. The fraction of sp³-hybridized carbons (Fsp3) is 0.391. The lowest BCUT2D eigenvalue weighted by atomic mass is 9.89. The van der Waals surface area contributed by atoms with Crippen LogP contribution in [0.5, 0.6) is 0 Å². The lowest BCUT2D eigenvalue weighted by Crippen LogP contribution is -2.14. The van der Waals surface area contributed by atoms with E-state index < -0.39 is 0 Å². The molecule has 0 amide bonds. The van der Waals surface area contributed by atoms with E-state index in [0.717, 1.165) is 39.9 Å². The summed E-state index contributed by atoms with van der Waals surface area (Å²) in [5.74, 6) is -0.324. The number of pyridine rings is 1. The standard InChI is InChI=1S/C23H25NO3S/c1-14-8-10-16(11-9-14)20-19(23(25)27-13-12-26-3)15(2)24-22-21(20)17-6-4-5-7-18(17)28-22/h8-11H,4-7,12-13H2,1-3H3. The van der Waals surface area contributed by atoms with Gasteiger partial charge in [0.2, 0.25) is 0 Å². The van der Waals surface area contributed by atoms with Gasteiger partial charge < -0.3 is 9.47 Å². The van der Waals surface area contributed by atoms with Gasteiger partial charge in [0, 0.05) is 22.9 Å². The van der Waals surface area contributed by atoms with Gasteiger partial charge in [0.25, 0.3) is 0 Å². The Morgan fingerprint density at radius 3 is 2.61 bits per heavy atom. The molecule has 0 aliphatic heterocycles. The molecule has 4 rings (SSSR count). The minimum Gasteiger partial charge on any atom is -0.460 e. The summed E-state index contributed by atoms with van der Waals surface area (Å²) in [4.78, 5) is 20.3. The van der Waals surface area contributed by atoms with Crippen LogP contribution in [0.15, 0.2) is 24.3 Å². The molecular weight excluding hydrogens is 370 g/mol. The number of nitrogens with zero attached hydrogens (tertiary/aromatic N) is 1. The van der Waals surface area contributed by atoms with Gasteiger partial charge in [-0.25, -0.2) is 9.78 Å². The van der Waals surface area contributed by atoms with Gasteiger partial charge in [-0.05, 0) is 50.7 Å². The SMILES string of the molecule is COCCOC(=O)c1c(C)nc2sc3c(c2c1-c1ccc(C)cc1)CCCC3. The molecule has 0 atom stereocenters. The van der Waals surface area contributed by atoms with Crippen LogP contribution in [-0.2, 0) is 22.3 Å². The summed E-state index contributed by atoms with van der Waals surface area (Å²) >= 11 is 1.78. The Bertz CT molecular complexity index is 1020. The highest BCUT2D eigenvalue weighted by molar-refractivity contribution is 7.19. The number of carbonyl (C=O) groups is 1. The smallest absolute Gasteiger partial charge is 0.340 e. The fourth-order valence-electron chi connectivity index (χ4n) is 3.95. The molecule has 5 heteroatoms. The Hall–Kier alpha value is -2.24. The minimum atomic E-state index is -0.324. The molecule has 0 N–H and O–H groups in total. The van der Waals surface area contributed by atoms with Crippen LogP contribution in [0, 0.1) is 13.8 Å². The molecule has 2 aromatic heterocycles. The van der Waals surface area contributed by atoms with E-state index >= 15 is 0 Å². The largest absolute Gasteiger partial charge is 0.460 e. The molecule has 0 spiro atoms. The lowest BCUT2D eigenvalue weighted by Gasteiger charge is -2.16. The third-order valence-corrected chi connectivity index (χ3v) is 6.53. The maximum Gasteiger partial charge on any atom is 0.340 e. The number of rotatable bonds is 5. The van der Waals surface area contributed by atoms with Crippen molar-refractivity contribution in [2.24, 2.45) is 0 Å². The van der Waals surface area contributed by atoms with E-state index in [2.05, 4.69) is 31.2 Å². The molecule has 146 valence electrons. The lowest BCUT2D eigenvalue weighted by molar-refractivity contribution is 0.0388. The van der Waals surface area contributed by atoms with E-state index in [9.17, 15) is 4.79 Å². The van der Waals surface area contributed by atoms with Crippen molar-refractivity contribution in [3.05, 3.63) is 51.5 Å². The van der Waals surface area contributed by atoms with Gasteiger partial charge >= 0.3 is 5.97 Å². The van der Waals surface area contributed by atoms with E-state index in [4.69, 9.17) is 14.5 Å². The number of benzene rings is 1. The van der Waals surface area contributed by atoms with Crippen molar-refractivity contribution in [3.63, 3.8) is 0 Å². The molecular formula is C23H25NO3S. The molecule has 3 aromatic rings. The third-order valence-electron chi connectivity index (χ3n) is 5.35. The second-order valence-electron chi connectivity index (χ2n) is 7.33. The molecule has 28 heavy (non-hydrogen) atoms. The zero-order valence-corrected chi connectivity index (χ0v) is 17.4. The van der Waals surface area contributed by atoms with E-state index in [1.807, 2.05) is 6.92 Å². The van der Waals surface area contributed by atoms with Crippen LogP contribution >= 0.6 is 11.3 Å². The van der Waals surface area contributed by atoms with Crippen LogP contribution in [-0.4, -0.2) is 31.3 Å². The first-order valence-corrected chi connectivity index (χ1v) is 10.6. The van der Waals surface area contributed by atoms with Gasteiger partial charge in [-0.15, -0.1) is 11.3 Å². The number of fused-ring (bicyclic) bond motifs is 3. The van der Waals surface area contributed by atoms with Gasteiger partial charge in [0.1, 0.15) is 11.4 Å². The van der Waals surface area contributed by atoms with Crippen molar-refractivity contribution in [1.29, 1.82) is 0 Å². The first-order valence-electron chi connectivity index (χ1n) is 9.78. The van der Waals surface area contributed by atoms with E-state index in [-0.39, 0.29) is 12.6 Å². The molecule has 0 unspecified atom stereocenters. The summed E-state index contributed by atoms with van der Waals surface area (Å²) in [6.07, 6.45) is 4.58. The summed E-state index contributed by atoms with van der Waals surface area (Å²) < 4.78 is 10.5. The van der Waals surface area contributed by atoms with Crippen molar-refractivity contribution in [2.45, 2.75) is 39.5 Å². The summed E-state index contributed by atoms with van der Waals surface area (Å²) in [6.45, 7) is 4.60. The van der Waals surface area contributed by atoms with Crippen LogP contribution in [0.2, 0.25) is 0 Å². The first kappa shape index (κ1) is 19.1. The highest BCUT2D eigenvalue weighted by atomic mass is 32.1. The normalized spacial score (nSPS) is 13.5. The number of carbonyl (C=O) groups excluding carboxylic acids is 1. The van der Waals surface area contributed by atoms with Crippen LogP contribution in [0.1, 0.15) is 44.9 Å². The number of thiophene rings is 1. The van der Waals surface area contributed by atoms with Crippen molar-refractivity contribution >= 4 is 27.5 Å². The first-order chi connectivity index (χ1) is 13.6.